The molecule has 1 aliphatic heterocycles. The lowest BCUT2D eigenvalue weighted by Crippen LogP contribution is -2.46. The van der Waals surface area contributed by atoms with Crippen molar-refractivity contribution < 1.29 is 18.3 Å². The second-order valence-electron chi connectivity index (χ2n) is 5.03. The molecule has 0 radical (unpaired) electrons. The largest absolute Gasteiger partial charge is 0.379 e. The Hall–Kier alpha value is -1.05. The number of hydrogen-bond acceptors (Lipinski definition) is 3. The highest BCUT2D eigenvalue weighted by atomic mass is 79.9. The quantitative estimate of drug-likeness (QED) is 0.892. The Morgan fingerprint density at radius 2 is 1.95 bits per heavy atom. The minimum atomic E-state index is -0.877. The van der Waals surface area contributed by atoms with Gasteiger partial charge < -0.3 is 10.1 Å². The average Bonchev–Trinajstić information content (AvgIpc) is 2.38. The fourth-order valence-electron chi connectivity index (χ4n) is 2.27. The van der Waals surface area contributed by atoms with E-state index in [-0.39, 0.29) is 10.5 Å². The fraction of sp³-hybridized carbons (Fsp3) is 0.500. The van der Waals surface area contributed by atoms with E-state index in [1.54, 1.807) is 0 Å². The Morgan fingerprint density at radius 1 is 1.38 bits per heavy atom. The molecule has 4 nitrogen and oxygen atoms in total. The van der Waals surface area contributed by atoms with E-state index in [4.69, 9.17) is 4.74 Å². The zero-order chi connectivity index (χ0) is 15.4. The molecule has 1 N–H and O–H groups in total. The molecular formula is C14H17BrF2N2O2. The van der Waals surface area contributed by atoms with Crippen LogP contribution in [0.1, 0.15) is 17.3 Å². The summed E-state index contributed by atoms with van der Waals surface area (Å²) in [6.45, 7) is 5.34. The van der Waals surface area contributed by atoms with Crippen molar-refractivity contribution in [1.29, 1.82) is 0 Å². The number of nitrogens with one attached hydrogen (secondary N) is 1. The highest BCUT2D eigenvalue weighted by molar-refractivity contribution is 9.10. The van der Waals surface area contributed by atoms with Gasteiger partial charge in [0.2, 0.25) is 0 Å². The van der Waals surface area contributed by atoms with E-state index < -0.39 is 23.1 Å². The summed E-state index contributed by atoms with van der Waals surface area (Å²) in [5.74, 6) is -2.49. The molecule has 1 heterocycles. The molecule has 1 aromatic carbocycles. The molecule has 0 aliphatic carbocycles. The summed E-state index contributed by atoms with van der Waals surface area (Å²) >= 11 is 2.98. The smallest absolute Gasteiger partial charge is 0.257 e. The van der Waals surface area contributed by atoms with Gasteiger partial charge in [-0.25, -0.2) is 8.78 Å². The summed E-state index contributed by atoms with van der Waals surface area (Å²) < 4.78 is 32.9. The molecule has 1 saturated heterocycles. The molecular weight excluding hydrogens is 346 g/mol. The number of benzene rings is 1. The number of amides is 1. The van der Waals surface area contributed by atoms with Crippen LogP contribution in [0.25, 0.3) is 0 Å². The number of morpholine rings is 1. The van der Waals surface area contributed by atoms with Crippen LogP contribution in [0.3, 0.4) is 0 Å². The SMILES string of the molecule is CC(CN1CCOCC1)NC(=O)c1c(F)cc(Br)cc1F. The maximum atomic E-state index is 13.7. The van der Waals surface area contributed by atoms with Crippen LogP contribution in [0, 0.1) is 11.6 Å². The first-order valence-electron chi connectivity index (χ1n) is 6.73. The van der Waals surface area contributed by atoms with E-state index in [9.17, 15) is 13.6 Å². The van der Waals surface area contributed by atoms with Gasteiger partial charge in [0.25, 0.3) is 5.91 Å². The third kappa shape index (κ3) is 4.46. The van der Waals surface area contributed by atoms with E-state index >= 15 is 0 Å². The Bertz CT molecular complexity index is 499. The number of nitrogens with zero attached hydrogens (tertiary/aromatic N) is 1. The van der Waals surface area contributed by atoms with Gasteiger partial charge in [0.15, 0.2) is 0 Å². The molecule has 0 aromatic heterocycles. The third-order valence-electron chi connectivity index (χ3n) is 3.25. The number of carbonyl (C=O) groups excluding carboxylic acids is 1. The van der Waals surface area contributed by atoms with E-state index in [0.717, 1.165) is 25.2 Å². The van der Waals surface area contributed by atoms with Gasteiger partial charge in [0, 0.05) is 30.1 Å². The summed E-state index contributed by atoms with van der Waals surface area (Å²) in [4.78, 5) is 14.1. The first kappa shape index (κ1) is 16.3. The lowest BCUT2D eigenvalue weighted by molar-refractivity contribution is 0.0342. The highest BCUT2D eigenvalue weighted by Gasteiger charge is 2.21. The molecule has 1 aliphatic rings. The van der Waals surface area contributed by atoms with Crippen LogP contribution in [-0.2, 0) is 4.74 Å². The summed E-state index contributed by atoms with van der Waals surface area (Å²) in [5, 5.41) is 2.63. The van der Waals surface area contributed by atoms with Gasteiger partial charge >= 0.3 is 0 Å². The lowest BCUT2D eigenvalue weighted by Gasteiger charge is -2.29. The Kier molecular flexibility index (Phi) is 5.66. The van der Waals surface area contributed by atoms with Gasteiger partial charge in [0.05, 0.1) is 13.2 Å². The fourth-order valence-corrected chi connectivity index (χ4v) is 2.67. The van der Waals surface area contributed by atoms with Gasteiger partial charge in [-0.15, -0.1) is 0 Å². The molecule has 0 spiro atoms. The lowest BCUT2D eigenvalue weighted by atomic mass is 10.1. The average molecular weight is 363 g/mol. The van der Waals surface area contributed by atoms with Crippen molar-refractivity contribution in [3.8, 4) is 0 Å². The highest BCUT2D eigenvalue weighted by Crippen LogP contribution is 2.19. The number of halogens is 3. The van der Waals surface area contributed by atoms with Crippen LogP contribution in [-0.4, -0.2) is 49.7 Å². The monoisotopic (exact) mass is 362 g/mol. The summed E-state index contributed by atoms with van der Waals surface area (Å²) in [7, 11) is 0. The summed E-state index contributed by atoms with van der Waals surface area (Å²) in [6, 6.07) is 1.94. The number of ether oxygens (including phenoxy) is 1. The standard InChI is InChI=1S/C14H17BrF2N2O2/c1-9(8-19-2-4-21-5-3-19)18-14(20)13-11(16)6-10(15)7-12(13)17/h6-7,9H,2-5,8H2,1H3,(H,18,20). The maximum Gasteiger partial charge on any atom is 0.257 e. The first-order valence-corrected chi connectivity index (χ1v) is 7.52. The molecule has 1 unspecified atom stereocenters. The van der Waals surface area contributed by atoms with Crippen molar-refractivity contribution in [3.63, 3.8) is 0 Å². The Morgan fingerprint density at radius 3 is 2.52 bits per heavy atom. The Balaban J connectivity index is 1.97. The van der Waals surface area contributed by atoms with Gasteiger partial charge in [-0.05, 0) is 19.1 Å². The van der Waals surface area contributed by atoms with Crippen molar-refractivity contribution in [2.24, 2.45) is 0 Å². The minimum absolute atomic E-state index is 0.210. The first-order chi connectivity index (χ1) is 9.97. The van der Waals surface area contributed by atoms with Crippen molar-refractivity contribution in [1.82, 2.24) is 10.2 Å². The number of carbonyl (C=O) groups is 1. The van der Waals surface area contributed by atoms with Crippen molar-refractivity contribution in [3.05, 3.63) is 33.8 Å². The molecule has 7 heteroatoms. The molecule has 1 aromatic rings. The molecule has 2 rings (SSSR count). The summed E-state index contributed by atoms with van der Waals surface area (Å²) in [6.07, 6.45) is 0. The maximum absolute atomic E-state index is 13.7. The van der Waals surface area contributed by atoms with Gasteiger partial charge in [-0.1, -0.05) is 15.9 Å². The van der Waals surface area contributed by atoms with Gasteiger partial charge in [-0.2, -0.15) is 0 Å². The van der Waals surface area contributed by atoms with Crippen molar-refractivity contribution in [2.45, 2.75) is 13.0 Å². The zero-order valence-electron chi connectivity index (χ0n) is 11.7. The van der Waals surface area contributed by atoms with Crippen molar-refractivity contribution in [2.75, 3.05) is 32.8 Å². The molecule has 116 valence electrons. The van der Waals surface area contributed by atoms with Crippen molar-refractivity contribution >= 4 is 21.8 Å². The zero-order valence-corrected chi connectivity index (χ0v) is 13.3. The minimum Gasteiger partial charge on any atom is -0.379 e. The summed E-state index contributed by atoms with van der Waals surface area (Å²) in [5.41, 5.74) is -0.549. The predicted molar refractivity (Wildman–Crippen MR) is 78.2 cm³/mol. The second-order valence-corrected chi connectivity index (χ2v) is 5.95. The van der Waals surface area contributed by atoms with Gasteiger partial charge in [0.1, 0.15) is 17.2 Å². The van der Waals surface area contributed by atoms with Crippen LogP contribution in [0.15, 0.2) is 16.6 Å². The Labute approximate surface area is 130 Å². The molecule has 1 amide bonds. The van der Waals surface area contributed by atoms with Crippen LogP contribution in [0.5, 0.6) is 0 Å². The predicted octanol–water partition coefficient (Wildman–Crippen LogP) is 2.18. The second kappa shape index (κ2) is 7.29. The van der Waals surface area contributed by atoms with E-state index in [0.29, 0.717) is 19.8 Å². The van der Waals surface area contributed by atoms with E-state index in [1.807, 2.05) is 6.92 Å². The number of hydrogen-bond donors (Lipinski definition) is 1. The topological polar surface area (TPSA) is 41.6 Å². The number of rotatable bonds is 4. The van der Waals surface area contributed by atoms with Gasteiger partial charge in [-0.3, -0.25) is 9.69 Å². The van der Waals surface area contributed by atoms with Crippen LogP contribution >= 0.6 is 15.9 Å². The van der Waals surface area contributed by atoms with Crippen LogP contribution in [0.2, 0.25) is 0 Å². The van der Waals surface area contributed by atoms with E-state index in [2.05, 4.69) is 26.1 Å². The van der Waals surface area contributed by atoms with Crippen LogP contribution < -0.4 is 5.32 Å². The molecule has 0 bridgehead atoms. The van der Waals surface area contributed by atoms with E-state index in [1.165, 1.54) is 0 Å². The molecule has 0 saturated carbocycles. The third-order valence-corrected chi connectivity index (χ3v) is 3.71. The van der Waals surface area contributed by atoms with Crippen LogP contribution in [0.4, 0.5) is 8.78 Å². The molecule has 1 fully saturated rings. The molecule has 21 heavy (non-hydrogen) atoms. The normalized spacial score (nSPS) is 17.5. The molecule has 1 atom stereocenters.